The van der Waals surface area contributed by atoms with Crippen LogP contribution in [0.4, 0.5) is 5.82 Å². The maximum atomic E-state index is 12.1. The van der Waals surface area contributed by atoms with Crippen LogP contribution in [0.5, 0.6) is 5.75 Å². The van der Waals surface area contributed by atoms with E-state index in [1.165, 1.54) is 6.33 Å². The highest BCUT2D eigenvalue weighted by Crippen LogP contribution is 2.27. The molecule has 7 heteroatoms. The molecule has 0 aliphatic rings. The number of ether oxygens (including phenoxy) is 1. The molecule has 0 radical (unpaired) electrons. The number of fused-ring (bicyclic) bond motifs is 1. The fourth-order valence-corrected chi connectivity index (χ4v) is 3.23. The molecule has 2 N–H and O–H groups in total. The van der Waals surface area contributed by atoms with Crippen molar-refractivity contribution in [1.29, 1.82) is 0 Å². The second-order valence-corrected chi connectivity index (χ2v) is 6.48. The standard InChI is InChI=1S/C17H18N4O2S/c1-11-7-13-16(20-10-21-17(13)24-11)19-9-15(22)18-8-12-5-3-4-6-14(12)23-2/h3-7,10H,8-9H2,1-2H3,(H,18,22)(H,19,20,21). The molecule has 6 nitrogen and oxygen atoms in total. The lowest BCUT2D eigenvalue weighted by Gasteiger charge is -2.10. The first kappa shape index (κ1) is 16.2. The molecule has 1 aromatic carbocycles. The first-order chi connectivity index (χ1) is 11.7. The summed E-state index contributed by atoms with van der Waals surface area (Å²) in [6.45, 7) is 2.59. The molecule has 1 amide bonds. The predicted octanol–water partition coefficient (Wildman–Crippen LogP) is 2.74. The molecule has 124 valence electrons. The summed E-state index contributed by atoms with van der Waals surface area (Å²) in [4.78, 5) is 22.6. The van der Waals surface area contributed by atoms with Crippen LogP contribution in [-0.4, -0.2) is 29.5 Å². The maximum absolute atomic E-state index is 12.1. The highest BCUT2D eigenvalue weighted by Gasteiger charge is 2.09. The van der Waals surface area contributed by atoms with Crippen LogP contribution in [0.3, 0.4) is 0 Å². The summed E-state index contributed by atoms with van der Waals surface area (Å²) in [6, 6.07) is 9.63. The number of hydrogen-bond donors (Lipinski definition) is 2. The second-order valence-electron chi connectivity index (χ2n) is 5.24. The van der Waals surface area contributed by atoms with Crippen LogP contribution in [-0.2, 0) is 11.3 Å². The molecule has 0 fully saturated rings. The van der Waals surface area contributed by atoms with Gasteiger partial charge in [0.1, 0.15) is 22.7 Å². The Hall–Kier alpha value is -2.67. The van der Waals surface area contributed by atoms with Gasteiger partial charge in [0, 0.05) is 17.0 Å². The van der Waals surface area contributed by atoms with Gasteiger partial charge in [0.05, 0.1) is 19.0 Å². The number of methoxy groups -OCH3 is 1. The van der Waals surface area contributed by atoms with E-state index in [0.717, 1.165) is 26.4 Å². The minimum atomic E-state index is -0.111. The molecule has 0 spiro atoms. The molecule has 0 saturated heterocycles. The highest BCUT2D eigenvalue weighted by molar-refractivity contribution is 7.18. The van der Waals surface area contributed by atoms with E-state index in [9.17, 15) is 4.79 Å². The average molecular weight is 342 g/mol. The van der Waals surface area contributed by atoms with E-state index in [1.54, 1.807) is 18.4 Å². The van der Waals surface area contributed by atoms with Crippen LogP contribution in [0.2, 0.25) is 0 Å². The second kappa shape index (κ2) is 7.27. The number of aryl methyl sites for hydroxylation is 1. The van der Waals surface area contributed by atoms with Crippen LogP contribution < -0.4 is 15.4 Å². The Balaban J connectivity index is 1.59. The summed E-state index contributed by atoms with van der Waals surface area (Å²) in [7, 11) is 1.62. The van der Waals surface area contributed by atoms with Gasteiger partial charge in [-0.1, -0.05) is 18.2 Å². The van der Waals surface area contributed by atoms with Crippen molar-refractivity contribution < 1.29 is 9.53 Å². The molecular formula is C17H18N4O2S. The summed E-state index contributed by atoms with van der Waals surface area (Å²) < 4.78 is 5.27. The molecule has 2 heterocycles. The molecule has 0 unspecified atom stereocenters. The normalized spacial score (nSPS) is 10.6. The SMILES string of the molecule is COc1ccccc1CNC(=O)CNc1ncnc2sc(C)cc12. The minimum Gasteiger partial charge on any atom is -0.496 e. The summed E-state index contributed by atoms with van der Waals surface area (Å²) in [6.07, 6.45) is 1.51. The van der Waals surface area contributed by atoms with Crippen molar-refractivity contribution in [3.63, 3.8) is 0 Å². The van der Waals surface area contributed by atoms with E-state index >= 15 is 0 Å². The van der Waals surface area contributed by atoms with E-state index in [4.69, 9.17) is 4.74 Å². The number of nitrogens with one attached hydrogen (secondary N) is 2. The van der Waals surface area contributed by atoms with Gasteiger partial charge in [-0.05, 0) is 19.1 Å². The molecular weight excluding hydrogens is 324 g/mol. The van der Waals surface area contributed by atoms with Gasteiger partial charge in [-0.2, -0.15) is 0 Å². The van der Waals surface area contributed by atoms with Gasteiger partial charge in [0.15, 0.2) is 0 Å². The molecule has 3 aromatic rings. The topological polar surface area (TPSA) is 76.1 Å². The van der Waals surface area contributed by atoms with Gasteiger partial charge < -0.3 is 15.4 Å². The summed E-state index contributed by atoms with van der Waals surface area (Å²) >= 11 is 1.61. The quantitative estimate of drug-likeness (QED) is 0.720. The number of aromatic nitrogens is 2. The van der Waals surface area contributed by atoms with Crippen LogP contribution in [0.15, 0.2) is 36.7 Å². The van der Waals surface area contributed by atoms with Gasteiger partial charge in [0.25, 0.3) is 0 Å². The van der Waals surface area contributed by atoms with Crippen molar-refractivity contribution >= 4 is 33.3 Å². The molecule has 2 aromatic heterocycles. The highest BCUT2D eigenvalue weighted by atomic mass is 32.1. The predicted molar refractivity (Wildman–Crippen MR) is 95.5 cm³/mol. The third-order valence-electron chi connectivity index (χ3n) is 3.54. The molecule has 0 bridgehead atoms. The van der Waals surface area contributed by atoms with Crippen LogP contribution in [0.1, 0.15) is 10.4 Å². The molecule has 0 aliphatic heterocycles. The molecule has 0 aliphatic carbocycles. The fraction of sp³-hybridized carbons (Fsp3) is 0.235. The van der Waals surface area contributed by atoms with Crippen molar-refractivity contribution in [2.24, 2.45) is 0 Å². The third kappa shape index (κ3) is 3.62. The molecule has 0 atom stereocenters. The summed E-state index contributed by atoms with van der Waals surface area (Å²) in [5.41, 5.74) is 0.936. The van der Waals surface area contributed by atoms with Crippen molar-refractivity contribution in [1.82, 2.24) is 15.3 Å². The number of rotatable bonds is 6. The maximum Gasteiger partial charge on any atom is 0.239 e. The van der Waals surface area contributed by atoms with Gasteiger partial charge in [-0.15, -0.1) is 11.3 Å². The van der Waals surface area contributed by atoms with E-state index in [0.29, 0.717) is 12.4 Å². The lowest BCUT2D eigenvalue weighted by atomic mass is 10.2. The zero-order chi connectivity index (χ0) is 16.9. The summed E-state index contributed by atoms with van der Waals surface area (Å²) in [5, 5.41) is 6.89. The molecule has 24 heavy (non-hydrogen) atoms. The van der Waals surface area contributed by atoms with Crippen molar-refractivity contribution in [2.75, 3.05) is 19.0 Å². The number of nitrogens with zero attached hydrogens (tertiary/aromatic N) is 2. The molecule has 0 saturated carbocycles. The van der Waals surface area contributed by atoms with Crippen LogP contribution >= 0.6 is 11.3 Å². The Bertz CT molecular complexity index is 863. The van der Waals surface area contributed by atoms with Crippen LogP contribution in [0, 0.1) is 6.92 Å². The lowest BCUT2D eigenvalue weighted by molar-refractivity contribution is -0.119. The van der Waals surface area contributed by atoms with Crippen molar-refractivity contribution in [3.8, 4) is 5.75 Å². The summed E-state index contributed by atoms with van der Waals surface area (Å²) in [5.74, 6) is 1.33. The smallest absolute Gasteiger partial charge is 0.239 e. The number of thiophene rings is 1. The number of anilines is 1. The Morgan fingerprint density at radius 2 is 2.12 bits per heavy atom. The van der Waals surface area contributed by atoms with E-state index < -0.39 is 0 Å². The number of carbonyl (C=O) groups is 1. The number of amides is 1. The monoisotopic (exact) mass is 342 g/mol. The average Bonchev–Trinajstić information content (AvgIpc) is 2.99. The third-order valence-corrected chi connectivity index (χ3v) is 4.50. The van der Waals surface area contributed by atoms with E-state index in [2.05, 4.69) is 20.6 Å². The largest absolute Gasteiger partial charge is 0.496 e. The van der Waals surface area contributed by atoms with Gasteiger partial charge in [-0.25, -0.2) is 9.97 Å². The first-order valence-corrected chi connectivity index (χ1v) is 8.32. The number of para-hydroxylation sites is 1. The van der Waals surface area contributed by atoms with Gasteiger partial charge in [0.2, 0.25) is 5.91 Å². The van der Waals surface area contributed by atoms with E-state index in [1.807, 2.05) is 37.3 Å². The van der Waals surface area contributed by atoms with E-state index in [-0.39, 0.29) is 12.5 Å². The van der Waals surface area contributed by atoms with Gasteiger partial charge >= 0.3 is 0 Å². The Morgan fingerprint density at radius 3 is 2.96 bits per heavy atom. The Labute approximate surface area is 143 Å². The number of carbonyl (C=O) groups excluding carboxylic acids is 1. The van der Waals surface area contributed by atoms with Crippen molar-refractivity contribution in [2.45, 2.75) is 13.5 Å². The number of hydrogen-bond acceptors (Lipinski definition) is 6. The first-order valence-electron chi connectivity index (χ1n) is 7.51. The lowest BCUT2D eigenvalue weighted by Crippen LogP contribution is -2.29. The Kier molecular flexibility index (Phi) is 4.90. The number of benzene rings is 1. The molecule has 3 rings (SSSR count). The van der Waals surface area contributed by atoms with Crippen molar-refractivity contribution in [3.05, 3.63) is 47.1 Å². The zero-order valence-electron chi connectivity index (χ0n) is 13.5. The van der Waals surface area contributed by atoms with Gasteiger partial charge in [-0.3, -0.25) is 4.79 Å². The zero-order valence-corrected chi connectivity index (χ0v) is 14.3. The minimum absolute atomic E-state index is 0.111. The fourth-order valence-electron chi connectivity index (χ4n) is 2.39. The Morgan fingerprint density at radius 1 is 1.29 bits per heavy atom. The van der Waals surface area contributed by atoms with Crippen LogP contribution in [0.25, 0.3) is 10.2 Å².